The molecule has 0 fully saturated rings. The van der Waals surface area contributed by atoms with Crippen LogP contribution in [0.3, 0.4) is 0 Å². The van der Waals surface area contributed by atoms with E-state index in [4.69, 9.17) is 89.2 Å². The third-order valence-electron chi connectivity index (χ3n) is 24.8. The Balaban J connectivity index is -0.00000173. The Morgan fingerprint density at radius 3 is 0.734 bits per heavy atom. The largest absolute Gasteiger partial charge is 0.481 e. The van der Waals surface area contributed by atoms with Gasteiger partial charge in [-0.3, -0.25) is 28.8 Å². The summed E-state index contributed by atoms with van der Waals surface area (Å²) in [6.45, 7) is 9.91. The highest BCUT2D eigenvalue weighted by molar-refractivity contribution is 8.26. The molecule has 0 heterocycles. The van der Waals surface area contributed by atoms with Gasteiger partial charge in [0.25, 0.3) is 5.24 Å². The molecule has 26 heteroatoms. The summed E-state index contributed by atoms with van der Waals surface area (Å²) in [6, 6.07) is 18.8. The first kappa shape index (κ1) is 142. The second kappa shape index (κ2) is 114. The maximum Gasteiger partial charge on any atom is 0.349 e. The summed E-state index contributed by atoms with van der Waals surface area (Å²) in [5, 5.41) is 17.4. The molecule has 143 heavy (non-hydrogen) atoms. The van der Waals surface area contributed by atoms with E-state index in [1.54, 1.807) is 24.3 Å². The number of halogens is 6. The van der Waals surface area contributed by atoms with Crippen molar-refractivity contribution in [1.82, 2.24) is 0 Å². The van der Waals surface area contributed by atoms with Crippen LogP contribution < -0.4 is 9.47 Å². The first-order chi connectivity index (χ1) is 69.4. The summed E-state index contributed by atoms with van der Waals surface area (Å²) in [5.74, 6) is -3.79. The van der Waals surface area contributed by atoms with Gasteiger partial charge in [-0.25, -0.2) is 18.6 Å². The van der Waals surface area contributed by atoms with Gasteiger partial charge >= 0.3 is 47.8 Å². The average Bonchev–Trinajstić information content (AvgIpc) is 0.833. The lowest BCUT2D eigenvalue weighted by atomic mass is 10.0. The summed E-state index contributed by atoms with van der Waals surface area (Å²) in [5.41, 5.74) is 0.917. The van der Waals surface area contributed by atoms with Crippen molar-refractivity contribution in [3.63, 3.8) is 0 Å². The highest BCUT2D eigenvalue weighted by Crippen LogP contribution is 2.38. The van der Waals surface area contributed by atoms with E-state index in [9.17, 15) is 43.2 Å². The summed E-state index contributed by atoms with van der Waals surface area (Å²) >= 11 is 23.3. The van der Waals surface area contributed by atoms with Crippen LogP contribution in [0.4, 0.5) is 0 Å². The third-order valence-corrected chi connectivity index (χ3v) is 25.7. The number of aliphatic carboxylic acids is 2. The van der Waals surface area contributed by atoms with E-state index < -0.39 is 63.5 Å². The fourth-order valence-electron chi connectivity index (χ4n) is 16.3. The van der Waals surface area contributed by atoms with Crippen LogP contribution in [0.15, 0.2) is 66.7 Å². The number of carboxylic acids is 2. The molecular weight excluding hydrogens is 1950 g/mol. The Bertz CT molecular complexity index is 3380. The number of esters is 6. The zero-order valence-electron chi connectivity index (χ0n) is 90.0. The van der Waals surface area contributed by atoms with E-state index >= 15 is 0 Å². The normalized spacial score (nSPS) is 10.7. The maximum atomic E-state index is 12.3. The molecule has 0 unspecified atom stereocenters. The lowest BCUT2D eigenvalue weighted by Crippen LogP contribution is -2.19. The number of hydrogen-bond donors (Lipinski definition) is 2. The lowest BCUT2D eigenvalue weighted by Gasteiger charge is -2.13. The van der Waals surface area contributed by atoms with Crippen molar-refractivity contribution in [2.75, 3.05) is 26.4 Å². The molecule has 2 N–H and O–H groups in total. The Labute approximate surface area is 900 Å². The molecule has 0 radical (unpaired) electrons. The van der Waals surface area contributed by atoms with Crippen LogP contribution in [0.25, 0.3) is 0 Å². The molecule has 0 atom stereocenters. The molecule has 0 amide bonds. The molecule has 0 aliphatic carbocycles. The minimum atomic E-state index is -1.67. The number of carbonyl (C=O) groups is 9. The van der Waals surface area contributed by atoms with Crippen LogP contribution in [0.5, 0.6) is 17.2 Å². The molecule has 0 aliphatic rings. The molecule has 0 aromatic heterocycles. The predicted molar refractivity (Wildman–Crippen MR) is 597 cm³/mol. The highest BCUT2D eigenvalue weighted by Gasteiger charge is 2.18. The van der Waals surface area contributed by atoms with Crippen molar-refractivity contribution in [1.29, 1.82) is 0 Å². The molecule has 0 bridgehead atoms. The predicted octanol–water partition coefficient (Wildman–Crippen LogP) is 38.5. The van der Waals surface area contributed by atoms with E-state index in [0.29, 0.717) is 46.5 Å². The Morgan fingerprint density at radius 1 is 0.252 bits per heavy atom. The fourth-order valence-corrected chi connectivity index (χ4v) is 17.0. The zero-order chi connectivity index (χ0) is 106. The first-order valence-electron chi connectivity index (χ1n) is 56.8. The number of carbonyl (C=O) groups excluding carboxylic acids is 7. The Kier molecular flexibility index (Phi) is 113. The molecule has 3 rings (SSSR count). The molecular formula is C117H198Cl6O19S. The van der Waals surface area contributed by atoms with Gasteiger partial charge in [-0.05, 0) is 79.6 Å². The maximum absolute atomic E-state index is 12.3. The molecule has 0 aliphatic heterocycles. The number of benzene rings is 3. The summed E-state index contributed by atoms with van der Waals surface area (Å²) in [4.78, 5) is 101. The number of carboxylic acid groups (broad SMARTS) is 2. The van der Waals surface area contributed by atoms with Crippen LogP contribution in [0, 0.1) is 0 Å². The first-order valence-corrected chi connectivity index (χ1v) is 61.1. The van der Waals surface area contributed by atoms with Crippen molar-refractivity contribution >= 4 is 130 Å². The van der Waals surface area contributed by atoms with Crippen LogP contribution in [0.2, 0.25) is 15.1 Å². The van der Waals surface area contributed by atoms with E-state index in [1.165, 1.54) is 417 Å². The van der Waals surface area contributed by atoms with Crippen LogP contribution >= 0.6 is 67.8 Å². The van der Waals surface area contributed by atoms with E-state index in [0.717, 1.165) is 82.6 Å². The van der Waals surface area contributed by atoms with Gasteiger partial charge in [0.2, 0.25) is 9.23 Å². The second-order valence-electron chi connectivity index (χ2n) is 38.4. The number of rotatable bonds is 93. The molecule has 3 aromatic rings. The molecule has 0 spiro atoms. The molecule has 3 aromatic carbocycles. The summed E-state index contributed by atoms with van der Waals surface area (Å²) < 4.78 is 44.7. The average molecular weight is 2150 g/mol. The van der Waals surface area contributed by atoms with E-state index in [1.807, 2.05) is 30.3 Å². The molecule has 0 saturated heterocycles. The standard InChI is InChI=1S/C32H43Cl3O5.C27H44O4.C20H37ClO3.C20H38O4.C18H36O2.Cl2OS/c1-2-3-4-5-6-7-8-9-10-11-12-13-14-15-16-17-31(36)38-24-32(37)40-30-23-26(34)19-21-29(30)39-28-20-18-25(33)22-27(28)35;1-2-3-4-5-6-7-8-9-10-11-12-13-14-15-19-22-26(28)31-24-27(29)30-23-25-20-17-16-18-21-25;2*1-2-3-4-5-6-7-8-9-10-11-12-13-14-15-16-17-20(23)24-18-19(21)22;1-2-3-4-5-6-7-8-9-10-11-12-13-14-15-16-17-18(19)20;1-4(2)3/h18-23H,2-17,24H2,1H3;16-18,20-21H,2-15,19,22-24H2,1H3;2-18H2,1H3;2-18H2,1H3,(H,21,22);2-17H2,1H3,(H,19,20);. The molecule has 828 valence electrons. The fraction of sp³-hybridized carbons (Fsp3) is 0.769. The second-order valence-corrected chi connectivity index (χ2v) is 42.6. The smallest absolute Gasteiger partial charge is 0.349 e. The van der Waals surface area contributed by atoms with Gasteiger partial charge in [0, 0.05) is 69.6 Å². The summed E-state index contributed by atoms with van der Waals surface area (Å²) in [6.07, 6.45) is 98.8. The Hall–Kier alpha value is -5.22. The highest BCUT2D eigenvalue weighted by atomic mass is 36.0. The van der Waals surface area contributed by atoms with Crippen molar-refractivity contribution < 1.29 is 90.7 Å². The van der Waals surface area contributed by atoms with Gasteiger partial charge < -0.3 is 43.4 Å². The van der Waals surface area contributed by atoms with Crippen molar-refractivity contribution in [3.8, 4) is 17.2 Å². The third kappa shape index (κ3) is 115. The minimum Gasteiger partial charge on any atom is -0.481 e. The van der Waals surface area contributed by atoms with Gasteiger partial charge in [0.15, 0.2) is 37.9 Å². The van der Waals surface area contributed by atoms with Crippen LogP contribution in [-0.4, -0.2) is 93.8 Å². The Morgan fingerprint density at radius 2 is 0.483 bits per heavy atom. The van der Waals surface area contributed by atoms with E-state index in [-0.39, 0.29) is 49.7 Å². The van der Waals surface area contributed by atoms with E-state index in [2.05, 4.69) is 60.7 Å². The lowest BCUT2D eigenvalue weighted by molar-refractivity contribution is -0.159. The van der Waals surface area contributed by atoms with Crippen LogP contribution in [0.1, 0.15) is 554 Å². The van der Waals surface area contributed by atoms with Crippen molar-refractivity contribution in [2.24, 2.45) is 0 Å². The van der Waals surface area contributed by atoms with Gasteiger partial charge in [-0.15, -0.1) is 0 Å². The number of hydrogen-bond acceptors (Lipinski definition) is 17. The number of ether oxygens (including phenoxy) is 7. The summed E-state index contributed by atoms with van der Waals surface area (Å²) in [7, 11) is 7.36. The van der Waals surface area contributed by atoms with Gasteiger partial charge in [-0.1, -0.05) is 549 Å². The van der Waals surface area contributed by atoms with Crippen molar-refractivity contribution in [3.05, 3.63) is 87.4 Å². The molecule has 19 nitrogen and oxygen atoms in total. The minimum absolute atomic E-state index is 0.0852. The zero-order valence-corrected chi connectivity index (χ0v) is 95.3. The SMILES string of the molecule is CCCCCCCCCCCCCCCCCC(=O)O.CCCCCCCCCCCCCCCCCC(=O)OCC(=O)Cl.CCCCCCCCCCCCCCCCCC(=O)OCC(=O)O.CCCCCCCCCCCCCCCCCC(=O)OCC(=O)OCc1ccccc1.CCCCCCCCCCCCCCCCCC(=O)OCC(=O)Oc1cc(Cl)ccc1Oc1ccc(Cl)cc1Cl.O=S(Cl)Cl. The monoisotopic (exact) mass is 2150 g/mol. The van der Waals surface area contributed by atoms with Gasteiger partial charge in [0.05, 0.1) is 5.02 Å². The quantitative estimate of drug-likeness (QED) is 0.0175. The van der Waals surface area contributed by atoms with Crippen LogP contribution in [-0.2, 0) is 82.7 Å². The topological polar surface area (TPSA) is 276 Å². The molecule has 0 saturated carbocycles. The van der Waals surface area contributed by atoms with Crippen molar-refractivity contribution in [2.45, 2.75) is 555 Å². The van der Waals surface area contributed by atoms with Gasteiger partial charge in [-0.2, -0.15) is 0 Å². The number of unbranched alkanes of at least 4 members (excludes halogenated alkanes) is 70. The van der Waals surface area contributed by atoms with Gasteiger partial charge in [0.1, 0.15) is 12.4 Å².